The molecule has 2 aromatic heterocycles. The van der Waals surface area contributed by atoms with E-state index in [0.29, 0.717) is 0 Å². The van der Waals surface area contributed by atoms with Crippen molar-refractivity contribution >= 4 is 11.3 Å². The third-order valence-electron chi connectivity index (χ3n) is 3.88. The molecule has 3 rings (SSSR count). The van der Waals surface area contributed by atoms with Crippen molar-refractivity contribution in [2.24, 2.45) is 5.92 Å². The highest BCUT2D eigenvalue weighted by Crippen LogP contribution is 2.35. The van der Waals surface area contributed by atoms with E-state index >= 15 is 0 Å². The van der Waals surface area contributed by atoms with Crippen LogP contribution in [0.1, 0.15) is 43.9 Å². The molecule has 0 aliphatic heterocycles. The first-order valence-corrected chi connectivity index (χ1v) is 7.46. The van der Waals surface area contributed by atoms with Crippen molar-refractivity contribution in [3.8, 4) is 0 Å². The number of hydrogen-bond donors (Lipinski definition) is 0. The van der Waals surface area contributed by atoms with Gasteiger partial charge in [0.1, 0.15) is 11.6 Å². The van der Waals surface area contributed by atoms with E-state index in [9.17, 15) is 0 Å². The Morgan fingerprint density at radius 1 is 1.39 bits per heavy atom. The molecular weight excluding hydrogens is 242 g/mol. The van der Waals surface area contributed by atoms with Gasteiger partial charge in [-0.05, 0) is 61.9 Å². The zero-order chi connectivity index (χ0) is 12.8. The summed E-state index contributed by atoms with van der Waals surface area (Å²) >= 11 is 1.74. The molecule has 1 saturated carbocycles. The van der Waals surface area contributed by atoms with Gasteiger partial charge in [0, 0.05) is 6.54 Å². The Morgan fingerprint density at radius 2 is 2.17 bits per heavy atom. The summed E-state index contributed by atoms with van der Waals surface area (Å²) in [6.45, 7) is 7.62. The van der Waals surface area contributed by atoms with Gasteiger partial charge in [0.05, 0.1) is 5.41 Å². The summed E-state index contributed by atoms with van der Waals surface area (Å²) < 4.78 is 2.31. The first-order chi connectivity index (χ1) is 8.59. The lowest BCUT2D eigenvalue weighted by atomic mass is 9.85. The minimum Gasteiger partial charge on any atom is -0.314 e. The second-order valence-corrected chi connectivity index (χ2v) is 6.54. The number of hydrogen-bond acceptors (Lipinski definition) is 3. The zero-order valence-corrected chi connectivity index (χ0v) is 12.0. The van der Waals surface area contributed by atoms with Crippen molar-refractivity contribution in [3.63, 3.8) is 0 Å². The summed E-state index contributed by atoms with van der Waals surface area (Å²) in [7, 11) is 0. The topological polar surface area (TPSA) is 30.7 Å². The molecule has 4 heteroatoms. The highest BCUT2D eigenvalue weighted by molar-refractivity contribution is 7.08. The summed E-state index contributed by atoms with van der Waals surface area (Å²) in [4.78, 5) is 0. The number of nitrogens with zero attached hydrogens (tertiary/aromatic N) is 3. The van der Waals surface area contributed by atoms with Crippen LogP contribution >= 0.6 is 11.3 Å². The minimum absolute atomic E-state index is 0.0594. The maximum atomic E-state index is 4.44. The Balaban J connectivity index is 2.00. The second-order valence-electron chi connectivity index (χ2n) is 5.76. The largest absolute Gasteiger partial charge is 0.314 e. The molecule has 0 unspecified atom stereocenters. The van der Waals surface area contributed by atoms with Crippen molar-refractivity contribution in [1.29, 1.82) is 0 Å². The molecule has 0 spiro atoms. The Bertz CT molecular complexity index is 535. The molecule has 0 saturated heterocycles. The third kappa shape index (κ3) is 1.99. The van der Waals surface area contributed by atoms with Crippen molar-refractivity contribution in [2.75, 3.05) is 0 Å². The average Bonchev–Trinajstić information content (AvgIpc) is 2.84. The van der Waals surface area contributed by atoms with Crippen LogP contribution < -0.4 is 0 Å². The van der Waals surface area contributed by atoms with Gasteiger partial charge in [-0.1, -0.05) is 0 Å². The highest BCUT2D eigenvalue weighted by Gasteiger charge is 2.32. The van der Waals surface area contributed by atoms with Crippen LogP contribution in [0.2, 0.25) is 0 Å². The maximum absolute atomic E-state index is 4.44. The van der Waals surface area contributed by atoms with E-state index in [1.807, 2.05) is 0 Å². The van der Waals surface area contributed by atoms with E-state index in [1.165, 1.54) is 18.4 Å². The van der Waals surface area contributed by atoms with E-state index in [2.05, 4.69) is 52.4 Å². The van der Waals surface area contributed by atoms with E-state index in [-0.39, 0.29) is 5.41 Å². The molecule has 1 aliphatic carbocycles. The van der Waals surface area contributed by atoms with Crippen LogP contribution in [-0.2, 0) is 12.0 Å². The molecule has 0 radical (unpaired) electrons. The predicted molar refractivity (Wildman–Crippen MR) is 73.9 cm³/mol. The molecule has 0 N–H and O–H groups in total. The summed E-state index contributed by atoms with van der Waals surface area (Å²) in [6.07, 6.45) is 2.71. The van der Waals surface area contributed by atoms with Crippen molar-refractivity contribution in [2.45, 2.75) is 45.6 Å². The normalized spacial score (nSPS) is 16.2. The van der Waals surface area contributed by atoms with E-state index in [4.69, 9.17) is 0 Å². The maximum Gasteiger partial charge on any atom is 0.143 e. The van der Waals surface area contributed by atoms with E-state index in [0.717, 1.165) is 24.1 Å². The molecule has 96 valence electrons. The summed E-state index contributed by atoms with van der Waals surface area (Å²) in [5.74, 6) is 2.99. The lowest BCUT2D eigenvalue weighted by Gasteiger charge is -2.24. The fourth-order valence-corrected chi connectivity index (χ4v) is 3.19. The quantitative estimate of drug-likeness (QED) is 0.844. The molecule has 2 heterocycles. The number of rotatable bonds is 4. The Kier molecular flexibility index (Phi) is 2.77. The Labute approximate surface area is 112 Å². The van der Waals surface area contributed by atoms with Gasteiger partial charge in [-0.15, -0.1) is 10.2 Å². The molecular formula is C14H19N3S. The van der Waals surface area contributed by atoms with Gasteiger partial charge in [0.15, 0.2) is 0 Å². The fourth-order valence-electron chi connectivity index (χ4n) is 2.37. The van der Waals surface area contributed by atoms with Gasteiger partial charge < -0.3 is 4.57 Å². The molecule has 0 bridgehead atoms. The molecule has 18 heavy (non-hydrogen) atoms. The van der Waals surface area contributed by atoms with Crippen LogP contribution in [0, 0.1) is 12.8 Å². The van der Waals surface area contributed by atoms with Crippen LogP contribution in [0.4, 0.5) is 0 Å². The van der Waals surface area contributed by atoms with Gasteiger partial charge in [-0.2, -0.15) is 11.3 Å². The zero-order valence-electron chi connectivity index (χ0n) is 11.2. The number of thiophene rings is 1. The highest BCUT2D eigenvalue weighted by atomic mass is 32.1. The minimum atomic E-state index is -0.0594. The predicted octanol–water partition coefficient (Wildman–Crippen LogP) is 3.38. The second kappa shape index (κ2) is 4.19. The number of aromatic nitrogens is 3. The van der Waals surface area contributed by atoms with Crippen LogP contribution in [0.3, 0.4) is 0 Å². The van der Waals surface area contributed by atoms with Gasteiger partial charge in [0.25, 0.3) is 0 Å². The standard InChI is InChI=1S/C14H19N3S/c1-10-15-16-13(17(10)8-11-4-5-11)14(2,3)12-6-7-18-9-12/h6-7,9,11H,4-5,8H2,1-3H3. The summed E-state index contributed by atoms with van der Waals surface area (Å²) in [5.41, 5.74) is 1.27. The molecule has 3 nitrogen and oxygen atoms in total. The average molecular weight is 261 g/mol. The SMILES string of the molecule is Cc1nnc(C(C)(C)c2ccsc2)n1CC1CC1. The van der Waals surface area contributed by atoms with Crippen molar-refractivity contribution < 1.29 is 0 Å². The van der Waals surface area contributed by atoms with Crippen LogP contribution in [-0.4, -0.2) is 14.8 Å². The van der Waals surface area contributed by atoms with Gasteiger partial charge in [0.2, 0.25) is 0 Å². The van der Waals surface area contributed by atoms with Crippen LogP contribution in [0.15, 0.2) is 16.8 Å². The summed E-state index contributed by atoms with van der Waals surface area (Å²) in [6, 6.07) is 2.19. The molecule has 2 aromatic rings. The van der Waals surface area contributed by atoms with Crippen molar-refractivity contribution in [1.82, 2.24) is 14.8 Å². The molecule has 0 aromatic carbocycles. The Morgan fingerprint density at radius 3 is 2.78 bits per heavy atom. The van der Waals surface area contributed by atoms with Crippen molar-refractivity contribution in [3.05, 3.63) is 34.0 Å². The van der Waals surface area contributed by atoms with Gasteiger partial charge in [-0.25, -0.2) is 0 Å². The van der Waals surface area contributed by atoms with Crippen LogP contribution in [0.5, 0.6) is 0 Å². The third-order valence-corrected chi connectivity index (χ3v) is 4.56. The summed E-state index contributed by atoms with van der Waals surface area (Å²) in [5, 5.41) is 13.1. The molecule has 1 fully saturated rings. The monoisotopic (exact) mass is 261 g/mol. The lowest BCUT2D eigenvalue weighted by Crippen LogP contribution is -2.24. The molecule has 0 atom stereocenters. The number of aryl methyl sites for hydroxylation is 1. The first-order valence-electron chi connectivity index (χ1n) is 6.52. The lowest BCUT2D eigenvalue weighted by molar-refractivity contribution is 0.505. The van der Waals surface area contributed by atoms with Gasteiger partial charge in [-0.3, -0.25) is 0 Å². The Hall–Kier alpha value is -1.16. The first kappa shape index (κ1) is 11.9. The van der Waals surface area contributed by atoms with Crippen LogP contribution in [0.25, 0.3) is 0 Å². The van der Waals surface area contributed by atoms with Gasteiger partial charge >= 0.3 is 0 Å². The molecule has 1 aliphatic rings. The van der Waals surface area contributed by atoms with E-state index in [1.54, 1.807) is 11.3 Å². The fraction of sp³-hybridized carbons (Fsp3) is 0.571. The molecule has 0 amide bonds. The van der Waals surface area contributed by atoms with E-state index < -0.39 is 0 Å². The smallest absolute Gasteiger partial charge is 0.143 e.